The summed E-state index contributed by atoms with van der Waals surface area (Å²) in [5.41, 5.74) is 2.74. The molecule has 0 bridgehead atoms. The highest BCUT2D eigenvalue weighted by Gasteiger charge is 2.29. The van der Waals surface area contributed by atoms with Gasteiger partial charge in [0.1, 0.15) is 0 Å². The molecule has 1 unspecified atom stereocenters. The number of aliphatic carboxylic acids is 1. The number of aromatic nitrogens is 1. The summed E-state index contributed by atoms with van der Waals surface area (Å²) >= 11 is 0. The lowest BCUT2D eigenvalue weighted by Crippen LogP contribution is -2.42. The Bertz CT molecular complexity index is 533. The third-order valence-electron chi connectivity index (χ3n) is 4.18. The first-order valence-corrected chi connectivity index (χ1v) is 7.14. The van der Waals surface area contributed by atoms with Gasteiger partial charge in [-0.25, -0.2) is 0 Å². The molecule has 5 nitrogen and oxygen atoms in total. The maximum Gasteiger partial charge on any atom is 0.308 e. The molecule has 1 fully saturated rings. The molecule has 0 radical (unpaired) electrons. The van der Waals surface area contributed by atoms with Gasteiger partial charge in [0.25, 0.3) is 5.91 Å². The SMILES string of the molecule is CCn1c(C)cc(C(=O)N2CCCC(C(=O)O)C2)c1C. The lowest BCUT2D eigenvalue weighted by atomic mass is 9.97. The average Bonchev–Trinajstić information content (AvgIpc) is 2.72. The lowest BCUT2D eigenvalue weighted by molar-refractivity contribution is -0.143. The first-order valence-electron chi connectivity index (χ1n) is 7.14. The normalized spacial score (nSPS) is 19.1. The summed E-state index contributed by atoms with van der Waals surface area (Å²) in [7, 11) is 0. The van der Waals surface area contributed by atoms with Gasteiger partial charge in [0.2, 0.25) is 0 Å². The number of amides is 1. The van der Waals surface area contributed by atoms with Crippen LogP contribution in [-0.4, -0.2) is 39.5 Å². The summed E-state index contributed by atoms with van der Waals surface area (Å²) in [4.78, 5) is 25.4. The Morgan fingerprint density at radius 3 is 2.65 bits per heavy atom. The molecule has 5 heteroatoms. The molecule has 0 saturated carbocycles. The van der Waals surface area contributed by atoms with Gasteiger partial charge >= 0.3 is 5.97 Å². The number of piperidine rings is 1. The van der Waals surface area contributed by atoms with E-state index in [-0.39, 0.29) is 5.91 Å². The number of hydrogen-bond acceptors (Lipinski definition) is 2. The van der Waals surface area contributed by atoms with E-state index in [1.165, 1.54) is 0 Å². The van der Waals surface area contributed by atoms with Crippen molar-refractivity contribution in [2.75, 3.05) is 13.1 Å². The molecule has 1 atom stereocenters. The van der Waals surface area contributed by atoms with Gasteiger partial charge in [-0.2, -0.15) is 0 Å². The Morgan fingerprint density at radius 1 is 1.40 bits per heavy atom. The summed E-state index contributed by atoms with van der Waals surface area (Å²) in [6, 6.07) is 1.91. The molecule has 1 amide bonds. The van der Waals surface area contributed by atoms with Gasteiger partial charge in [0, 0.05) is 31.0 Å². The Kier molecular flexibility index (Phi) is 4.16. The van der Waals surface area contributed by atoms with Crippen LogP contribution in [0.25, 0.3) is 0 Å². The zero-order valence-electron chi connectivity index (χ0n) is 12.3. The molecule has 20 heavy (non-hydrogen) atoms. The van der Waals surface area contributed by atoms with Crippen molar-refractivity contribution in [3.63, 3.8) is 0 Å². The second kappa shape index (κ2) is 5.69. The predicted molar refractivity (Wildman–Crippen MR) is 75.8 cm³/mol. The minimum absolute atomic E-state index is 0.0382. The molecule has 1 aliphatic heterocycles. The Morgan fingerprint density at radius 2 is 2.10 bits per heavy atom. The monoisotopic (exact) mass is 278 g/mol. The van der Waals surface area contributed by atoms with Crippen molar-refractivity contribution in [3.8, 4) is 0 Å². The first kappa shape index (κ1) is 14.6. The molecule has 1 saturated heterocycles. The highest BCUT2D eigenvalue weighted by molar-refractivity contribution is 5.96. The smallest absolute Gasteiger partial charge is 0.308 e. The Balaban J connectivity index is 2.21. The third kappa shape index (κ3) is 2.57. The standard InChI is InChI=1S/C15H22N2O3/c1-4-17-10(2)8-13(11(17)3)14(18)16-7-5-6-12(9-16)15(19)20/h8,12H,4-7,9H2,1-3H3,(H,19,20). The largest absolute Gasteiger partial charge is 0.481 e. The van der Waals surface area contributed by atoms with Crippen LogP contribution in [0, 0.1) is 19.8 Å². The van der Waals surface area contributed by atoms with Crippen molar-refractivity contribution in [3.05, 3.63) is 23.0 Å². The summed E-state index contributed by atoms with van der Waals surface area (Å²) < 4.78 is 2.10. The van der Waals surface area contributed by atoms with Crippen molar-refractivity contribution in [1.29, 1.82) is 0 Å². The van der Waals surface area contributed by atoms with E-state index in [1.54, 1.807) is 4.90 Å². The maximum atomic E-state index is 12.6. The number of nitrogens with zero attached hydrogens (tertiary/aromatic N) is 2. The molecule has 1 aliphatic rings. The highest BCUT2D eigenvalue weighted by atomic mass is 16.4. The number of likely N-dealkylation sites (tertiary alicyclic amines) is 1. The summed E-state index contributed by atoms with van der Waals surface area (Å²) in [6.45, 7) is 7.80. The van der Waals surface area contributed by atoms with Crippen LogP contribution < -0.4 is 0 Å². The van der Waals surface area contributed by atoms with Crippen LogP contribution in [0.1, 0.15) is 41.5 Å². The van der Waals surface area contributed by atoms with Crippen molar-refractivity contribution in [1.82, 2.24) is 9.47 Å². The van der Waals surface area contributed by atoms with E-state index in [0.717, 1.165) is 24.4 Å². The van der Waals surface area contributed by atoms with Crippen molar-refractivity contribution >= 4 is 11.9 Å². The van der Waals surface area contributed by atoms with E-state index in [4.69, 9.17) is 5.11 Å². The zero-order valence-corrected chi connectivity index (χ0v) is 12.3. The second-order valence-corrected chi connectivity index (χ2v) is 5.46. The minimum Gasteiger partial charge on any atom is -0.481 e. The van der Waals surface area contributed by atoms with Gasteiger partial charge in [0.15, 0.2) is 0 Å². The van der Waals surface area contributed by atoms with Crippen LogP contribution >= 0.6 is 0 Å². The minimum atomic E-state index is -0.804. The summed E-state index contributed by atoms with van der Waals surface area (Å²) in [6.07, 6.45) is 1.42. The molecule has 0 aliphatic carbocycles. The fraction of sp³-hybridized carbons (Fsp3) is 0.600. The van der Waals surface area contributed by atoms with Crippen LogP contribution in [0.15, 0.2) is 6.07 Å². The Labute approximate surface area is 119 Å². The van der Waals surface area contributed by atoms with E-state index < -0.39 is 11.9 Å². The van der Waals surface area contributed by atoms with Gasteiger partial charge < -0.3 is 14.6 Å². The third-order valence-corrected chi connectivity index (χ3v) is 4.18. The molecule has 1 N–H and O–H groups in total. The lowest BCUT2D eigenvalue weighted by Gasteiger charge is -2.30. The van der Waals surface area contributed by atoms with E-state index in [2.05, 4.69) is 11.5 Å². The molecular formula is C15H22N2O3. The number of carbonyl (C=O) groups is 2. The first-order chi connectivity index (χ1) is 9.45. The van der Waals surface area contributed by atoms with Crippen LogP contribution in [0.4, 0.5) is 0 Å². The number of rotatable bonds is 3. The predicted octanol–water partition coefficient (Wildman–Crippen LogP) is 2.06. The quantitative estimate of drug-likeness (QED) is 0.920. The average molecular weight is 278 g/mol. The molecular weight excluding hydrogens is 256 g/mol. The van der Waals surface area contributed by atoms with E-state index in [1.807, 2.05) is 19.9 Å². The second-order valence-electron chi connectivity index (χ2n) is 5.46. The number of carboxylic acids is 1. The maximum absolute atomic E-state index is 12.6. The molecule has 110 valence electrons. The van der Waals surface area contributed by atoms with Crippen LogP contribution in [0.2, 0.25) is 0 Å². The number of carboxylic acid groups (broad SMARTS) is 1. The van der Waals surface area contributed by atoms with Crippen LogP contribution in [0.3, 0.4) is 0 Å². The Hall–Kier alpha value is -1.78. The molecule has 2 rings (SSSR count). The van der Waals surface area contributed by atoms with Gasteiger partial charge in [-0.3, -0.25) is 9.59 Å². The van der Waals surface area contributed by atoms with Crippen molar-refractivity contribution in [2.24, 2.45) is 5.92 Å². The highest BCUT2D eigenvalue weighted by Crippen LogP contribution is 2.22. The fourth-order valence-electron chi connectivity index (χ4n) is 3.04. The summed E-state index contributed by atoms with van der Waals surface area (Å²) in [5, 5.41) is 9.11. The van der Waals surface area contributed by atoms with Gasteiger partial charge in [-0.15, -0.1) is 0 Å². The fourth-order valence-corrected chi connectivity index (χ4v) is 3.04. The molecule has 1 aromatic rings. The zero-order chi connectivity index (χ0) is 14.9. The number of carbonyl (C=O) groups excluding carboxylic acids is 1. The topological polar surface area (TPSA) is 62.5 Å². The molecule has 0 spiro atoms. The van der Waals surface area contributed by atoms with Crippen LogP contribution in [-0.2, 0) is 11.3 Å². The van der Waals surface area contributed by atoms with Gasteiger partial charge in [-0.05, 0) is 39.7 Å². The number of hydrogen-bond donors (Lipinski definition) is 1. The van der Waals surface area contributed by atoms with E-state index in [9.17, 15) is 9.59 Å². The van der Waals surface area contributed by atoms with Crippen molar-refractivity contribution in [2.45, 2.75) is 40.2 Å². The van der Waals surface area contributed by atoms with Crippen LogP contribution in [0.5, 0.6) is 0 Å². The molecule has 2 heterocycles. The van der Waals surface area contributed by atoms with Gasteiger partial charge in [-0.1, -0.05) is 0 Å². The summed E-state index contributed by atoms with van der Waals surface area (Å²) in [5.74, 6) is -1.27. The molecule has 1 aromatic heterocycles. The molecule has 0 aromatic carbocycles. The number of aryl methyl sites for hydroxylation is 1. The van der Waals surface area contributed by atoms with E-state index >= 15 is 0 Å². The van der Waals surface area contributed by atoms with E-state index in [0.29, 0.717) is 25.1 Å². The van der Waals surface area contributed by atoms with Crippen molar-refractivity contribution < 1.29 is 14.7 Å². The van der Waals surface area contributed by atoms with Gasteiger partial charge in [0.05, 0.1) is 11.5 Å².